The molecular formula is C9H18NO4PS. The van der Waals surface area contributed by atoms with E-state index in [-0.39, 0.29) is 4.73 Å². The maximum atomic E-state index is 12.3. The fourth-order valence-electron chi connectivity index (χ4n) is 1.42. The number of hydrogen-bond acceptors (Lipinski definition) is 5. The third-order valence-electron chi connectivity index (χ3n) is 2.11. The Balaban J connectivity index is 2.69. The van der Waals surface area contributed by atoms with Gasteiger partial charge in [0.25, 0.3) is 0 Å². The Morgan fingerprint density at radius 3 is 2.25 bits per heavy atom. The number of thiocarbonyl (C=S) groups is 1. The highest BCUT2D eigenvalue weighted by atomic mass is 32.1. The Kier molecular flexibility index (Phi) is 5.86. The first-order chi connectivity index (χ1) is 7.64. The fraction of sp³-hybridized carbons (Fsp3) is 0.889. The molecule has 1 heterocycles. The fourth-order valence-corrected chi connectivity index (χ4v) is 3.44. The second kappa shape index (κ2) is 6.67. The predicted molar refractivity (Wildman–Crippen MR) is 65.8 cm³/mol. The number of rotatable bonds is 5. The zero-order valence-electron chi connectivity index (χ0n) is 9.68. The van der Waals surface area contributed by atoms with E-state index in [0.29, 0.717) is 39.5 Å². The lowest BCUT2D eigenvalue weighted by atomic mass is 10.5. The zero-order chi connectivity index (χ0) is 12.0. The number of hydrogen-bond donors (Lipinski definition) is 0. The molecule has 0 saturated carbocycles. The summed E-state index contributed by atoms with van der Waals surface area (Å²) >= 11 is 5.20. The molecule has 1 fully saturated rings. The molecule has 0 aromatic rings. The van der Waals surface area contributed by atoms with Gasteiger partial charge in [-0.3, -0.25) is 4.57 Å². The molecule has 0 spiro atoms. The summed E-state index contributed by atoms with van der Waals surface area (Å²) in [6, 6.07) is 0. The van der Waals surface area contributed by atoms with Gasteiger partial charge in [0.05, 0.1) is 26.4 Å². The first-order valence-electron chi connectivity index (χ1n) is 5.40. The van der Waals surface area contributed by atoms with E-state index in [9.17, 15) is 4.57 Å². The summed E-state index contributed by atoms with van der Waals surface area (Å²) in [7, 11) is -3.28. The minimum Gasteiger partial charge on any atom is -0.378 e. The largest absolute Gasteiger partial charge is 0.388 e. The summed E-state index contributed by atoms with van der Waals surface area (Å²) < 4.78 is 28.2. The lowest BCUT2D eigenvalue weighted by molar-refractivity contribution is 0.0690. The number of morpholine rings is 1. The lowest BCUT2D eigenvalue weighted by Crippen LogP contribution is -2.40. The van der Waals surface area contributed by atoms with Gasteiger partial charge in [0.1, 0.15) is 0 Å². The van der Waals surface area contributed by atoms with Crippen LogP contribution in [-0.2, 0) is 18.3 Å². The van der Waals surface area contributed by atoms with Gasteiger partial charge in [0.2, 0.25) is 0 Å². The molecule has 1 aliphatic heterocycles. The molecule has 5 nitrogen and oxygen atoms in total. The van der Waals surface area contributed by atoms with Crippen LogP contribution in [0.25, 0.3) is 0 Å². The molecule has 0 aromatic heterocycles. The highest BCUT2D eigenvalue weighted by molar-refractivity contribution is 7.97. The van der Waals surface area contributed by atoms with E-state index in [4.69, 9.17) is 26.0 Å². The minimum absolute atomic E-state index is 0.277. The van der Waals surface area contributed by atoms with Gasteiger partial charge in [-0.25, -0.2) is 0 Å². The molecule has 0 bridgehead atoms. The van der Waals surface area contributed by atoms with Gasteiger partial charge in [0.15, 0.2) is 4.73 Å². The molecule has 1 saturated heterocycles. The summed E-state index contributed by atoms with van der Waals surface area (Å²) in [6.07, 6.45) is 0. The molecule has 0 N–H and O–H groups in total. The maximum Gasteiger partial charge on any atom is 0.388 e. The van der Waals surface area contributed by atoms with Crippen LogP contribution in [0.15, 0.2) is 0 Å². The molecule has 0 aliphatic carbocycles. The van der Waals surface area contributed by atoms with Gasteiger partial charge in [-0.15, -0.1) is 0 Å². The highest BCUT2D eigenvalue weighted by Crippen LogP contribution is 2.50. The quantitative estimate of drug-likeness (QED) is 0.560. The van der Waals surface area contributed by atoms with Crippen molar-refractivity contribution in [1.82, 2.24) is 4.90 Å². The predicted octanol–water partition coefficient (Wildman–Crippen LogP) is 1.87. The smallest absolute Gasteiger partial charge is 0.378 e. The van der Waals surface area contributed by atoms with Crippen molar-refractivity contribution >= 4 is 24.5 Å². The molecule has 94 valence electrons. The Bertz CT molecular complexity index is 271. The molecule has 0 atom stereocenters. The molecule has 0 unspecified atom stereocenters. The van der Waals surface area contributed by atoms with E-state index in [1.165, 1.54) is 0 Å². The summed E-state index contributed by atoms with van der Waals surface area (Å²) in [5, 5.41) is 0. The van der Waals surface area contributed by atoms with E-state index in [0.717, 1.165) is 0 Å². The maximum absolute atomic E-state index is 12.3. The van der Waals surface area contributed by atoms with Gasteiger partial charge in [-0.05, 0) is 13.8 Å². The molecule has 0 radical (unpaired) electrons. The second-order valence-corrected chi connectivity index (χ2v) is 5.84. The van der Waals surface area contributed by atoms with Gasteiger partial charge >= 0.3 is 7.60 Å². The summed E-state index contributed by atoms with van der Waals surface area (Å²) in [5.41, 5.74) is 0. The van der Waals surface area contributed by atoms with Crippen LogP contribution in [-0.4, -0.2) is 49.1 Å². The van der Waals surface area contributed by atoms with Crippen LogP contribution in [0.5, 0.6) is 0 Å². The second-order valence-electron chi connectivity index (χ2n) is 3.22. The van der Waals surface area contributed by atoms with E-state index in [1.54, 1.807) is 13.8 Å². The topological polar surface area (TPSA) is 48.0 Å². The summed E-state index contributed by atoms with van der Waals surface area (Å²) in [5.74, 6) is 0. The third-order valence-corrected chi connectivity index (χ3v) is 4.99. The van der Waals surface area contributed by atoms with Crippen molar-refractivity contribution in [3.8, 4) is 0 Å². The Labute approximate surface area is 102 Å². The number of ether oxygens (including phenoxy) is 1. The van der Waals surface area contributed by atoms with Gasteiger partial charge < -0.3 is 18.7 Å². The van der Waals surface area contributed by atoms with Crippen molar-refractivity contribution in [2.24, 2.45) is 0 Å². The first-order valence-corrected chi connectivity index (χ1v) is 7.35. The van der Waals surface area contributed by atoms with Crippen LogP contribution in [0.1, 0.15) is 13.8 Å². The average Bonchev–Trinajstić information content (AvgIpc) is 2.30. The van der Waals surface area contributed by atoms with Crippen molar-refractivity contribution < 1.29 is 18.3 Å². The average molecular weight is 267 g/mol. The van der Waals surface area contributed by atoms with E-state index < -0.39 is 7.60 Å². The molecule has 0 aromatic carbocycles. The van der Waals surface area contributed by atoms with Crippen molar-refractivity contribution in [3.05, 3.63) is 0 Å². The van der Waals surface area contributed by atoms with Crippen molar-refractivity contribution in [3.63, 3.8) is 0 Å². The third kappa shape index (κ3) is 3.50. The van der Waals surface area contributed by atoms with Gasteiger partial charge in [-0.2, -0.15) is 0 Å². The zero-order valence-corrected chi connectivity index (χ0v) is 11.4. The van der Waals surface area contributed by atoms with Crippen LogP contribution >= 0.6 is 19.8 Å². The standard InChI is InChI=1S/C9H18NO4PS/c1-3-13-15(11,14-4-2)9(16)10-5-7-12-8-6-10/h3-8H2,1-2H3. The Morgan fingerprint density at radius 1 is 1.31 bits per heavy atom. The first kappa shape index (κ1) is 14.1. The molecule has 0 amide bonds. The Hall–Kier alpha value is -0.0000000000000000208. The molecule has 1 rings (SSSR count). The SMILES string of the molecule is CCOP(=O)(OCC)C(=S)N1CCOCC1. The lowest BCUT2D eigenvalue weighted by Gasteiger charge is -2.31. The summed E-state index contributed by atoms with van der Waals surface area (Å²) in [4.78, 5) is 1.84. The minimum atomic E-state index is -3.28. The normalized spacial score (nSPS) is 17.5. The molecule has 1 aliphatic rings. The molecular weight excluding hydrogens is 249 g/mol. The monoisotopic (exact) mass is 267 g/mol. The van der Waals surface area contributed by atoms with Crippen LogP contribution < -0.4 is 0 Å². The summed E-state index contributed by atoms with van der Waals surface area (Å²) in [6.45, 7) is 6.66. The van der Waals surface area contributed by atoms with Crippen LogP contribution in [0, 0.1) is 0 Å². The number of nitrogens with zero attached hydrogens (tertiary/aromatic N) is 1. The van der Waals surface area contributed by atoms with E-state index in [1.807, 2.05) is 4.90 Å². The molecule has 16 heavy (non-hydrogen) atoms. The van der Waals surface area contributed by atoms with Crippen LogP contribution in [0.4, 0.5) is 0 Å². The van der Waals surface area contributed by atoms with Crippen molar-refractivity contribution in [2.75, 3.05) is 39.5 Å². The van der Waals surface area contributed by atoms with E-state index >= 15 is 0 Å². The van der Waals surface area contributed by atoms with Crippen LogP contribution in [0.2, 0.25) is 0 Å². The highest BCUT2D eigenvalue weighted by Gasteiger charge is 2.34. The van der Waals surface area contributed by atoms with Gasteiger partial charge in [-0.1, -0.05) is 12.2 Å². The molecule has 7 heteroatoms. The van der Waals surface area contributed by atoms with Crippen molar-refractivity contribution in [2.45, 2.75) is 13.8 Å². The Morgan fingerprint density at radius 2 is 1.81 bits per heavy atom. The van der Waals surface area contributed by atoms with Gasteiger partial charge in [0, 0.05) is 13.1 Å². The van der Waals surface area contributed by atoms with E-state index in [2.05, 4.69) is 0 Å². The van der Waals surface area contributed by atoms with Crippen LogP contribution in [0.3, 0.4) is 0 Å². The van der Waals surface area contributed by atoms with Crippen molar-refractivity contribution in [1.29, 1.82) is 0 Å².